The Morgan fingerprint density at radius 3 is 2.57 bits per heavy atom. The molecule has 0 heterocycles. The Morgan fingerprint density at radius 1 is 1.43 bits per heavy atom. The molecular weight excluding hydrogens is 322 g/mol. The monoisotopic (exact) mass is 335 g/mol. The largest absolute Gasteiger partial charge is 0.355 e. The summed E-state index contributed by atoms with van der Waals surface area (Å²) in [5.74, 6) is -0.498. The maximum atomic E-state index is 12.1. The van der Waals surface area contributed by atoms with Gasteiger partial charge in [-0.1, -0.05) is 11.6 Å². The maximum Gasteiger partial charge on any atom is 0.289 e. The zero-order chi connectivity index (χ0) is 16.2. The van der Waals surface area contributed by atoms with Crippen molar-refractivity contribution in [3.05, 3.63) is 32.8 Å². The van der Waals surface area contributed by atoms with Gasteiger partial charge in [-0.3, -0.25) is 14.9 Å². The molecule has 2 N–H and O–H groups in total. The number of benzene rings is 1. The quantitative estimate of drug-likeness (QED) is 0.593. The van der Waals surface area contributed by atoms with E-state index >= 15 is 0 Å². The number of nitrogens with zero attached hydrogens (tertiary/aromatic N) is 1. The van der Waals surface area contributed by atoms with Gasteiger partial charge in [-0.05, 0) is 25.5 Å². The van der Waals surface area contributed by atoms with Gasteiger partial charge < -0.3 is 5.32 Å². The number of likely N-dealkylation sites (N-methyl/N-ethyl adjacent to an activating group) is 1. The van der Waals surface area contributed by atoms with Gasteiger partial charge in [0.15, 0.2) is 0 Å². The van der Waals surface area contributed by atoms with Crippen LogP contribution in [-0.2, 0) is 14.8 Å². The first-order valence-corrected chi connectivity index (χ1v) is 7.76. The van der Waals surface area contributed by atoms with Gasteiger partial charge in [0.2, 0.25) is 15.9 Å². The highest BCUT2D eigenvalue weighted by atomic mass is 35.5. The lowest BCUT2D eigenvalue weighted by molar-refractivity contribution is -0.384. The number of hydrogen-bond acceptors (Lipinski definition) is 5. The smallest absolute Gasteiger partial charge is 0.289 e. The van der Waals surface area contributed by atoms with Crippen molar-refractivity contribution in [2.45, 2.75) is 18.7 Å². The van der Waals surface area contributed by atoms with E-state index in [2.05, 4.69) is 10.0 Å². The Hall–Kier alpha value is -1.71. The average molecular weight is 336 g/mol. The lowest BCUT2D eigenvalue weighted by atomic mass is 10.2. The first kappa shape index (κ1) is 17.3. The summed E-state index contributed by atoms with van der Waals surface area (Å²) in [6.07, 6.45) is 0. The van der Waals surface area contributed by atoms with Crippen molar-refractivity contribution in [2.24, 2.45) is 0 Å². The number of nitro groups is 1. The van der Waals surface area contributed by atoms with E-state index in [0.717, 1.165) is 6.07 Å². The number of halogens is 1. The molecule has 0 spiro atoms. The Labute approximate surface area is 126 Å². The molecule has 1 amide bonds. The second-order valence-corrected chi connectivity index (χ2v) is 6.25. The van der Waals surface area contributed by atoms with Crippen LogP contribution < -0.4 is 10.0 Å². The molecule has 8 nitrogen and oxygen atoms in total. The highest BCUT2D eigenvalue weighted by Crippen LogP contribution is 2.29. The number of nitro benzene ring substituents is 1. The lowest BCUT2D eigenvalue weighted by Crippen LogP contribution is -2.37. The van der Waals surface area contributed by atoms with Crippen molar-refractivity contribution in [3.8, 4) is 0 Å². The van der Waals surface area contributed by atoms with E-state index < -0.39 is 33.1 Å². The molecule has 116 valence electrons. The molecule has 0 bridgehead atoms. The Balaban J connectivity index is 3.11. The zero-order valence-corrected chi connectivity index (χ0v) is 12.9. The van der Waals surface area contributed by atoms with E-state index in [0.29, 0.717) is 6.54 Å². The van der Waals surface area contributed by atoms with Crippen LogP contribution in [0.3, 0.4) is 0 Å². The van der Waals surface area contributed by atoms with Gasteiger partial charge in [-0.15, -0.1) is 0 Å². The number of rotatable bonds is 6. The van der Waals surface area contributed by atoms with Crippen molar-refractivity contribution in [3.63, 3.8) is 0 Å². The molecule has 0 radical (unpaired) electrons. The number of carbonyl (C=O) groups is 1. The van der Waals surface area contributed by atoms with Crippen LogP contribution in [0.15, 0.2) is 17.0 Å². The number of carbonyl (C=O) groups excluding carboxylic acids is 1. The van der Waals surface area contributed by atoms with Crippen LogP contribution in [0.2, 0.25) is 5.02 Å². The highest BCUT2D eigenvalue weighted by Gasteiger charge is 2.23. The molecule has 0 unspecified atom stereocenters. The molecule has 0 saturated heterocycles. The molecule has 1 aromatic rings. The Morgan fingerprint density at radius 2 is 2.05 bits per heavy atom. The van der Waals surface area contributed by atoms with E-state index in [1.54, 1.807) is 6.92 Å². The lowest BCUT2D eigenvalue weighted by Gasteiger charge is -2.09. The van der Waals surface area contributed by atoms with E-state index in [1.165, 1.54) is 13.0 Å². The molecule has 1 rings (SSSR count). The molecule has 10 heteroatoms. The fourth-order valence-electron chi connectivity index (χ4n) is 1.57. The third-order valence-electron chi connectivity index (χ3n) is 2.53. The predicted octanol–water partition coefficient (Wildman–Crippen LogP) is 0.971. The molecule has 0 aliphatic heterocycles. The molecule has 0 aliphatic rings. The number of amides is 1. The molecule has 21 heavy (non-hydrogen) atoms. The van der Waals surface area contributed by atoms with Crippen LogP contribution in [0.1, 0.15) is 12.5 Å². The Kier molecular flexibility index (Phi) is 5.64. The van der Waals surface area contributed by atoms with Gasteiger partial charge in [-0.2, -0.15) is 0 Å². The number of hydrogen-bond donors (Lipinski definition) is 2. The molecule has 0 fully saturated rings. The number of nitrogens with one attached hydrogen (secondary N) is 2. The topological polar surface area (TPSA) is 118 Å². The van der Waals surface area contributed by atoms with Crippen LogP contribution in [0.5, 0.6) is 0 Å². The molecule has 0 aliphatic carbocycles. The molecule has 0 saturated carbocycles. The van der Waals surface area contributed by atoms with Crippen molar-refractivity contribution in [1.29, 1.82) is 0 Å². The summed E-state index contributed by atoms with van der Waals surface area (Å²) >= 11 is 5.69. The number of sulfonamides is 1. The molecular formula is C11H14ClN3O5S. The van der Waals surface area contributed by atoms with Gasteiger partial charge in [0.25, 0.3) is 5.69 Å². The van der Waals surface area contributed by atoms with Crippen molar-refractivity contribution in [2.75, 3.05) is 13.1 Å². The molecule has 0 aromatic heterocycles. The van der Waals surface area contributed by atoms with Crippen molar-refractivity contribution >= 4 is 33.2 Å². The Bertz CT molecular complexity index is 675. The predicted molar refractivity (Wildman–Crippen MR) is 76.7 cm³/mol. The standard InChI is InChI=1S/C11H14ClN3O5S/c1-3-13-11(16)6-14-21(19,20)10-5-9(15(17)18)8(12)4-7(10)2/h4-5,14H,3,6H2,1-2H3,(H,13,16). The van der Waals surface area contributed by atoms with E-state index in [9.17, 15) is 23.3 Å². The van der Waals surface area contributed by atoms with Gasteiger partial charge in [-0.25, -0.2) is 13.1 Å². The number of aryl methyl sites for hydroxylation is 1. The summed E-state index contributed by atoms with van der Waals surface area (Å²) in [6.45, 7) is 3.06. The first-order valence-electron chi connectivity index (χ1n) is 5.90. The van der Waals surface area contributed by atoms with E-state index in [4.69, 9.17) is 11.6 Å². The summed E-state index contributed by atoms with van der Waals surface area (Å²) in [6, 6.07) is 2.07. The third-order valence-corrected chi connectivity index (χ3v) is 4.37. The van der Waals surface area contributed by atoms with Crippen molar-refractivity contribution < 1.29 is 18.1 Å². The van der Waals surface area contributed by atoms with Gasteiger partial charge in [0, 0.05) is 12.6 Å². The molecule has 1 aromatic carbocycles. The third kappa shape index (κ3) is 4.38. The zero-order valence-electron chi connectivity index (χ0n) is 11.3. The second-order valence-electron chi connectivity index (χ2n) is 4.10. The average Bonchev–Trinajstić information content (AvgIpc) is 2.36. The fraction of sp³-hybridized carbons (Fsp3) is 0.364. The van der Waals surface area contributed by atoms with Crippen LogP contribution >= 0.6 is 11.6 Å². The minimum atomic E-state index is -4.05. The minimum Gasteiger partial charge on any atom is -0.355 e. The fourth-order valence-corrected chi connectivity index (χ4v) is 3.08. The van der Waals surface area contributed by atoms with Gasteiger partial charge in [0.05, 0.1) is 16.4 Å². The normalized spacial score (nSPS) is 11.2. The highest BCUT2D eigenvalue weighted by molar-refractivity contribution is 7.89. The molecule has 0 atom stereocenters. The van der Waals surface area contributed by atoms with Crippen LogP contribution in [0.25, 0.3) is 0 Å². The summed E-state index contributed by atoms with van der Waals surface area (Å²) in [4.78, 5) is 21.0. The van der Waals surface area contributed by atoms with Crippen LogP contribution in [0, 0.1) is 17.0 Å². The second kappa shape index (κ2) is 6.83. The van der Waals surface area contributed by atoms with E-state index in [-0.39, 0.29) is 15.5 Å². The van der Waals surface area contributed by atoms with E-state index in [1.807, 2.05) is 0 Å². The SMILES string of the molecule is CCNC(=O)CNS(=O)(=O)c1cc([N+](=O)[O-])c(Cl)cc1C. The van der Waals surface area contributed by atoms with Crippen LogP contribution in [0.4, 0.5) is 5.69 Å². The summed E-state index contributed by atoms with van der Waals surface area (Å²) in [5.41, 5.74) is -0.269. The van der Waals surface area contributed by atoms with Crippen molar-refractivity contribution in [1.82, 2.24) is 10.0 Å². The van der Waals surface area contributed by atoms with Crippen LogP contribution in [-0.4, -0.2) is 32.3 Å². The summed E-state index contributed by atoms with van der Waals surface area (Å²) in [7, 11) is -4.05. The van der Waals surface area contributed by atoms with Gasteiger partial charge >= 0.3 is 0 Å². The maximum absolute atomic E-state index is 12.1. The summed E-state index contributed by atoms with van der Waals surface area (Å²) < 4.78 is 26.3. The minimum absolute atomic E-state index is 0.153. The first-order chi connectivity index (χ1) is 9.69. The summed E-state index contributed by atoms with van der Waals surface area (Å²) in [5, 5.41) is 13.1. The van der Waals surface area contributed by atoms with Gasteiger partial charge in [0.1, 0.15) is 5.02 Å².